The normalized spacial score (nSPS) is 11.9. The van der Waals surface area contributed by atoms with Gasteiger partial charge in [0.1, 0.15) is 36.1 Å². The molecule has 0 aliphatic carbocycles. The molecule has 1 heterocycles. The number of anilines is 1. The van der Waals surface area contributed by atoms with Crippen LogP contribution in [0.2, 0.25) is 0 Å². The number of aromatic nitrogens is 3. The van der Waals surface area contributed by atoms with E-state index in [1.165, 1.54) is 19.2 Å². The average molecular weight is 492 g/mol. The maximum Gasteiger partial charge on any atom is 0.488 e. The lowest BCUT2D eigenvalue weighted by atomic mass is 10.2. The molecule has 15 heteroatoms. The van der Waals surface area contributed by atoms with Crippen molar-refractivity contribution in [3.8, 4) is 17.2 Å². The lowest BCUT2D eigenvalue weighted by Gasteiger charge is -2.11. The van der Waals surface area contributed by atoms with E-state index in [-0.39, 0.29) is 23.1 Å². The Hall–Kier alpha value is -3.33. The summed E-state index contributed by atoms with van der Waals surface area (Å²) in [4.78, 5) is 3.80. The van der Waals surface area contributed by atoms with Crippen LogP contribution in [-0.2, 0) is 27.1 Å². The zero-order valence-corrected chi connectivity index (χ0v) is 18.1. The van der Waals surface area contributed by atoms with Crippen LogP contribution in [-0.4, -0.2) is 44.9 Å². The predicted molar refractivity (Wildman–Crippen MR) is 106 cm³/mol. The van der Waals surface area contributed by atoms with E-state index in [9.17, 15) is 29.5 Å². The zero-order valence-electron chi connectivity index (χ0n) is 16.4. The maximum absolute atomic E-state index is 14.5. The largest absolute Gasteiger partial charge is 0.489 e. The Balaban J connectivity index is 1.75. The number of halogens is 3. The molecule has 0 amide bonds. The minimum absolute atomic E-state index is 0.0432. The first-order valence-electron chi connectivity index (χ1n) is 8.54. The molecular weight excluding hydrogens is 477 g/mol. The third-order valence-electron chi connectivity index (χ3n) is 4.05. The smallest absolute Gasteiger partial charge is 0.488 e. The number of hydrogen-bond donors (Lipinski definition) is 0. The van der Waals surface area contributed by atoms with Gasteiger partial charge in [-0.25, -0.2) is 26.2 Å². The van der Waals surface area contributed by atoms with Gasteiger partial charge in [0, 0.05) is 19.2 Å². The van der Waals surface area contributed by atoms with Gasteiger partial charge >= 0.3 is 10.5 Å². The summed E-state index contributed by atoms with van der Waals surface area (Å²) in [6.07, 6.45) is 2.05. The molecule has 0 aliphatic heterocycles. The second kappa shape index (κ2) is 8.66. The van der Waals surface area contributed by atoms with E-state index in [1.807, 2.05) is 0 Å². The molecule has 0 fully saturated rings. The third kappa shape index (κ3) is 5.67. The van der Waals surface area contributed by atoms with Crippen LogP contribution in [0.3, 0.4) is 0 Å². The van der Waals surface area contributed by atoms with Crippen molar-refractivity contribution in [1.82, 2.24) is 14.8 Å². The quantitative estimate of drug-likeness (QED) is 0.439. The molecule has 2 aromatic carbocycles. The fraction of sp³-hybridized carbons (Fsp3) is 0.176. The van der Waals surface area contributed by atoms with Crippen LogP contribution in [0.5, 0.6) is 11.5 Å². The molecule has 3 aromatic rings. The lowest BCUT2D eigenvalue weighted by Crippen LogP contribution is -2.26. The first-order chi connectivity index (χ1) is 14.8. The maximum atomic E-state index is 14.5. The first-order valence-corrected chi connectivity index (χ1v) is 11.7. The second-order valence-corrected chi connectivity index (χ2v) is 9.31. The standard InChI is InChI=1S/C17H15F3N4O6S2/c1-23(31(2,25)26)17-21-10-24(22-17)11-7-15(18)14(16(19)8-11)9-29-12-3-5-13(6-4-12)30-32(20,27)28/h3-8,10H,9H2,1-2H3. The van der Waals surface area contributed by atoms with Crippen molar-refractivity contribution in [3.63, 3.8) is 0 Å². The third-order valence-corrected chi connectivity index (χ3v) is 5.60. The van der Waals surface area contributed by atoms with E-state index < -0.39 is 44.3 Å². The van der Waals surface area contributed by atoms with E-state index in [4.69, 9.17) is 4.74 Å². The molecule has 0 aliphatic rings. The molecule has 0 unspecified atom stereocenters. The summed E-state index contributed by atoms with van der Waals surface area (Å²) in [7, 11) is -7.57. The van der Waals surface area contributed by atoms with Crippen LogP contribution in [0.15, 0.2) is 42.7 Å². The highest BCUT2D eigenvalue weighted by atomic mass is 32.3. The molecule has 0 saturated carbocycles. The van der Waals surface area contributed by atoms with Crippen LogP contribution in [0, 0.1) is 11.6 Å². The molecule has 0 bridgehead atoms. The fourth-order valence-electron chi connectivity index (χ4n) is 2.39. The Morgan fingerprint density at radius 1 is 1.03 bits per heavy atom. The number of ether oxygens (including phenoxy) is 1. The van der Waals surface area contributed by atoms with Crippen molar-refractivity contribution in [2.75, 3.05) is 17.6 Å². The monoisotopic (exact) mass is 492 g/mol. The van der Waals surface area contributed by atoms with Gasteiger partial charge in [-0.05, 0) is 24.3 Å². The van der Waals surface area contributed by atoms with Crippen molar-refractivity contribution in [2.24, 2.45) is 0 Å². The van der Waals surface area contributed by atoms with Crippen LogP contribution in [0.1, 0.15) is 5.56 Å². The van der Waals surface area contributed by atoms with E-state index >= 15 is 0 Å². The summed E-state index contributed by atoms with van der Waals surface area (Å²) in [5.74, 6) is -2.31. The van der Waals surface area contributed by atoms with Gasteiger partial charge in [-0.15, -0.1) is 5.10 Å². The number of rotatable bonds is 8. The van der Waals surface area contributed by atoms with Crippen LogP contribution >= 0.6 is 0 Å². The minimum atomic E-state index is -5.18. The summed E-state index contributed by atoms with van der Waals surface area (Å²) in [6, 6.07) is 6.56. The van der Waals surface area contributed by atoms with Gasteiger partial charge in [0.15, 0.2) is 0 Å². The summed E-state index contributed by atoms with van der Waals surface area (Å²) < 4.78 is 96.5. The van der Waals surface area contributed by atoms with Crippen LogP contribution in [0.4, 0.5) is 18.6 Å². The Morgan fingerprint density at radius 2 is 1.59 bits per heavy atom. The SMILES string of the molecule is CN(c1ncn(-c2cc(F)c(COc3ccc(OS(=O)(=O)F)cc3)c(F)c2)n1)S(C)(=O)=O. The average Bonchev–Trinajstić information content (AvgIpc) is 3.16. The van der Waals surface area contributed by atoms with Gasteiger partial charge in [0.25, 0.3) is 5.95 Å². The summed E-state index contributed by atoms with van der Waals surface area (Å²) in [6.45, 7) is -0.515. The summed E-state index contributed by atoms with van der Waals surface area (Å²) in [5, 5.41) is 3.89. The Labute approximate surface area is 181 Å². The molecule has 0 spiro atoms. The molecule has 0 atom stereocenters. The first kappa shape index (κ1) is 23.3. The van der Waals surface area contributed by atoms with Crippen molar-refractivity contribution in [3.05, 3.63) is 59.9 Å². The number of nitrogens with zero attached hydrogens (tertiary/aromatic N) is 4. The van der Waals surface area contributed by atoms with Crippen LogP contribution < -0.4 is 13.2 Å². The van der Waals surface area contributed by atoms with Crippen LogP contribution in [0.25, 0.3) is 5.69 Å². The molecule has 0 radical (unpaired) electrons. The molecule has 32 heavy (non-hydrogen) atoms. The number of sulfonamides is 1. The molecular formula is C17H15F3N4O6S2. The van der Waals surface area contributed by atoms with Gasteiger partial charge in [0.2, 0.25) is 10.0 Å². The lowest BCUT2D eigenvalue weighted by molar-refractivity contribution is 0.292. The summed E-state index contributed by atoms with van der Waals surface area (Å²) >= 11 is 0. The Morgan fingerprint density at radius 3 is 2.12 bits per heavy atom. The molecule has 1 aromatic heterocycles. The number of benzene rings is 2. The van der Waals surface area contributed by atoms with Gasteiger partial charge < -0.3 is 8.92 Å². The Kier molecular flexibility index (Phi) is 6.32. The zero-order chi connectivity index (χ0) is 23.7. The summed E-state index contributed by atoms with van der Waals surface area (Å²) in [5.41, 5.74) is -0.452. The van der Waals surface area contributed by atoms with Gasteiger partial charge in [-0.1, -0.05) is 3.89 Å². The van der Waals surface area contributed by atoms with Crippen molar-refractivity contribution in [2.45, 2.75) is 6.61 Å². The van der Waals surface area contributed by atoms with E-state index in [2.05, 4.69) is 14.3 Å². The highest BCUT2D eigenvalue weighted by Crippen LogP contribution is 2.23. The molecule has 0 N–H and O–H groups in total. The van der Waals surface area contributed by atoms with Gasteiger partial charge in [-0.3, -0.25) is 0 Å². The van der Waals surface area contributed by atoms with Gasteiger partial charge in [0.05, 0.1) is 17.5 Å². The Bertz CT molecular complexity index is 1320. The molecule has 0 saturated heterocycles. The second-order valence-electron chi connectivity index (χ2n) is 6.34. The molecule has 3 rings (SSSR count). The minimum Gasteiger partial charge on any atom is -0.489 e. The van der Waals surface area contributed by atoms with Crippen molar-refractivity contribution >= 4 is 26.5 Å². The topological polar surface area (TPSA) is 121 Å². The molecule has 172 valence electrons. The van der Waals surface area contributed by atoms with E-state index in [0.717, 1.165) is 45.8 Å². The highest BCUT2D eigenvalue weighted by Gasteiger charge is 2.18. The fourth-order valence-corrected chi connectivity index (χ4v) is 3.11. The van der Waals surface area contributed by atoms with E-state index in [0.29, 0.717) is 0 Å². The van der Waals surface area contributed by atoms with Crippen molar-refractivity contribution in [1.29, 1.82) is 0 Å². The highest BCUT2D eigenvalue weighted by molar-refractivity contribution is 7.92. The molecule has 10 nitrogen and oxygen atoms in total. The van der Waals surface area contributed by atoms with Crippen molar-refractivity contribution < 1.29 is 38.4 Å². The number of hydrogen-bond acceptors (Lipinski definition) is 8. The van der Waals surface area contributed by atoms with Gasteiger partial charge in [-0.2, -0.15) is 13.4 Å². The predicted octanol–water partition coefficient (Wildman–Crippen LogP) is 2.11. The van der Waals surface area contributed by atoms with E-state index in [1.54, 1.807) is 0 Å².